The van der Waals surface area contributed by atoms with Crippen LogP contribution in [0.15, 0.2) is 41.4 Å². The van der Waals surface area contributed by atoms with E-state index in [9.17, 15) is 21.6 Å². The Labute approximate surface area is 148 Å². The molecule has 1 aliphatic heterocycles. The first-order valence-corrected chi connectivity index (χ1v) is 9.44. The third-order valence-electron chi connectivity index (χ3n) is 4.38. The lowest BCUT2D eigenvalue weighted by molar-refractivity contribution is -0.137. The summed E-state index contributed by atoms with van der Waals surface area (Å²) in [5, 5.41) is -0.521. The summed E-state index contributed by atoms with van der Waals surface area (Å²) in [7, 11) is -2.26. The van der Waals surface area contributed by atoms with E-state index in [4.69, 9.17) is 11.6 Å². The van der Waals surface area contributed by atoms with Crippen molar-refractivity contribution in [3.05, 3.63) is 52.8 Å². The van der Waals surface area contributed by atoms with E-state index in [1.54, 1.807) is 0 Å². The Morgan fingerprint density at radius 2 is 1.96 bits per heavy atom. The Morgan fingerprint density at radius 3 is 2.56 bits per heavy atom. The third kappa shape index (κ3) is 3.30. The number of alkyl halides is 3. The summed E-state index contributed by atoms with van der Waals surface area (Å²) in [5.74, 6) is 0. The number of aromatic nitrogens is 1. The highest BCUT2D eigenvalue weighted by molar-refractivity contribution is 7.89. The molecule has 1 aromatic carbocycles. The molecule has 0 aliphatic carbocycles. The van der Waals surface area contributed by atoms with Gasteiger partial charge in [-0.2, -0.15) is 17.5 Å². The molecule has 1 aliphatic rings. The number of rotatable bonds is 3. The van der Waals surface area contributed by atoms with Crippen LogP contribution in [0, 0.1) is 0 Å². The fourth-order valence-corrected chi connectivity index (χ4v) is 5.08. The minimum atomic E-state index is -4.72. The molecular formula is C16H16ClF3N2O2S. The molecule has 0 bridgehead atoms. The molecule has 25 heavy (non-hydrogen) atoms. The first kappa shape index (κ1) is 18.3. The summed E-state index contributed by atoms with van der Waals surface area (Å²) in [5.41, 5.74) is -0.337. The molecular weight excluding hydrogens is 377 g/mol. The molecule has 4 nitrogen and oxygen atoms in total. The summed E-state index contributed by atoms with van der Waals surface area (Å²) in [6.45, 7) is 0.266. The molecule has 2 aromatic rings. The summed E-state index contributed by atoms with van der Waals surface area (Å²) < 4.78 is 68.1. The predicted octanol–water partition coefficient (Wildman–Crippen LogP) is 4.22. The monoisotopic (exact) mass is 392 g/mol. The normalized spacial score (nSPS) is 19.5. The average molecular weight is 393 g/mol. The van der Waals surface area contributed by atoms with Gasteiger partial charge in [0.1, 0.15) is 0 Å². The summed E-state index contributed by atoms with van der Waals surface area (Å²) in [6, 6.07) is 5.94. The van der Waals surface area contributed by atoms with Crippen molar-refractivity contribution < 1.29 is 21.6 Å². The van der Waals surface area contributed by atoms with Gasteiger partial charge >= 0.3 is 6.18 Å². The summed E-state index contributed by atoms with van der Waals surface area (Å²) >= 11 is 5.59. The van der Waals surface area contributed by atoms with Gasteiger partial charge in [0.25, 0.3) is 0 Å². The predicted molar refractivity (Wildman–Crippen MR) is 87.7 cm³/mol. The Bertz CT molecular complexity index is 893. The number of aryl methyl sites for hydroxylation is 1. The highest BCUT2D eigenvalue weighted by atomic mass is 35.5. The first-order valence-electron chi connectivity index (χ1n) is 7.62. The quantitative estimate of drug-likeness (QED) is 0.784. The van der Waals surface area contributed by atoms with Gasteiger partial charge in [-0.05, 0) is 43.2 Å². The fourth-order valence-electron chi connectivity index (χ4n) is 3.16. The largest absolute Gasteiger partial charge is 0.417 e. The fraction of sp³-hybridized carbons (Fsp3) is 0.375. The molecule has 1 saturated heterocycles. The lowest BCUT2D eigenvalue weighted by Gasteiger charge is -2.25. The number of sulfonamides is 1. The van der Waals surface area contributed by atoms with Crippen molar-refractivity contribution in [2.45, 2.75) is 30.0 Å². The standard InChI is InChI=1S/C16H16ClF3N2O2S/c1-21-8-2-4-14(21)15-5-3-9-22(15)25(23,24)11-6-7-13(17)12(10-11)16(18,19)20/h2,4,6-8,10,15H,3,5,9H2,1H3. The molecule has 0 spiro atoms. The van der Waals surface area contributed by atoms with Gasteiger partial charge in [0.15, 0.2) is 0 Å². The van der Waals surface area contributed by atoms with Crippen LogP contribution in [-0.2, 0) is 23.2 Å². The van der Waals surface area contributed by atoms with E-state index in [0.717, 1.165) is 17.8 Å². The van der Waals surface area contributed by atoms with Crippen molar-refractivity contribution in [3.8, 4) is 0 Å². The van der Waals surface area contributed by atoms with Crippen LogP contribution >= 0.6 is 11.6 Å². The van der Waals surface area contributed by atoms with Gasteiger partial charge in [0.2, 0.25) is 10.0 Å². The maximum atomic E-state index is 13.1. The van der Waals surface area contributed by atoms with E-state index in [0.29, 0.717) is 18.9 Å². The van der Waals surface area contributed by atoms with Gasteiger partial charge in [-0.3, -0.25) is 0 Å². The second-order valence-corrected chi connectivity index (χ2v) is 8.25. The number of nitrogens with zero attached hydrogens (tertiary/aromatic N) is 2. The Balaban J connectivity index is 2.03. The van der Waals surface area contributed by atoms with Gasteiger partial charge < -0.3 is 4.57 Å². The van der Waals surface area contributed by atoms with Crippen LogP contribution in [0.3, 0.4) is 0 Å². The number of hydrogen-bond donors (Lipinski definition) is 0. The molecule has 9 heteroatoms. The summed E-state index contributed by atoms with van der Waals surface area (Å²) in [4.78, 5) is -0.398. The molecule has 1 fully saturated rings. The molecule has 0 saturated carbocycles. The van der Waals surface area contributed by atoms with E-state index in [-0.39, 0.29) is 6.54 Å². The van der Waals surface area contributed by atoms with Crippen LogP contribution in [0.1, 0.15) is 30.1 Å². The van der Waals surface area contributed by atoms with E-state index >= 15 is 0 Å². The van der Waals surface area contributed by atoms with Crippen LogP contribution in [0.2, 0.25) is 5.02 Å². The van der Waals surface area contributed by atoms with E-state index < -0.39 is 37.7 Å². The van der Waals surface area contributed by atoms with Crippen LogP contribution in [0.25, 0.3) is 0 Å². The third-order valence-corrected chi connectivity index (χ3v) is 6.61. The molecule has 0 radical (unpaired) electrons. The van der Waals surface area contributed by atoms with Crippen LogP contribution in [-0.4, -0.2) is 23.8 Å². The smallest absolute Gasteiger partial charge is 0.353 e. The van der Waals surface area contributed by atoms with Gasteiger partial charge in [-0.1, -0.05) is 11.6 Å². The zero-order valence-corrected chi connectivity index (χ0v) is 14.9. The van der Waals surface area contributed by atoms with Gasteiger partial charge in [0, 0.05) is 25.5 Å². The second kappa shape index (κ2) is 6.34. The van der Waals surface area contributed by atoms with Gasteiger partial charge in [-0.25, -0.2) is 8.42 Å². The SMILES string of the molecule is Cn1cccc1C1CCCN1S(=O)(=O)c1ccc(Cl)c(C(F)(F)F)c1. The molecule has 1 atom stereocenters. The maximum absolute atomic E-state index is 13.1. The van der Waals surface area contributed by atoms with Crippen LogP contribution < -0.4 is 0 Å². The molecule has 0 amide bonds. The maximum Gasteiger partial charge on any atom is 0.417 e. The zero-order chi connectivity index (χ0) is 18.4. The van der Waals surface area contributed by atoms with E-state index in [1.165, 1.54) is 4.31 Å². The molecule has 3 rings (SSSR count). The Hall–Kier alpha value is -1.51. The molecule has 1 aromatic heterocycles. The Morgan fingerprint density at radius 1 is 1.24 bits per heavy atom. The van der Waals surface area contributed by atoms with Gasteiger partial charge in [-0.15, -0.1) is 0 Å². The zero-order valence-electron chi connectivity index (χ0n) is 13.3. The first-order chi connectivity index (χ1) is 11.6. The minimum Gasteiger partial charge on any atom is -0.353 e. The van der Waals surface area contributed by atoms with Crippen LogP contribution in [0.4, 0.5) is 13.2 Å². The molecule has 0 N–H and O–H groups in total. The molecule has 2 heterocycles. The number of halogens is 4. The molecule has 1 unspecified atom stereocenters. The van der Waals surface area contributed by atoms with Crippen molar-refractivity contribution in [2.24, 2.45) is 7.05 Å². The lowest BCUT2D eigenvalue weighted by atomic mass is 10.1. The minimum absolute atomic E-state index is 0.266. The van der Waals surface area contributed by atoms with Crippen molar-refractivity contribution in [1.29, 1.82) is 0 Å². The van der Waals surface area contributed by atoms with Crippen molar-refractivity contribution in [2.75, 3.05) is 6.54 Å². The van der Waals surface area contributed by atoms with Crippen molar-refractivity contribution in [1.82, 2.24) is 8.87 Å². The number of benzene rings is 1. The average Bonchev–Trinajstić information content (AvgIpc) is 3.14. The summed E-state index contributed by atoms with van der Waals surface area (Å²) in [6.07, 6.45) is -1.64. The highest BCUT2D eigenvalue weighted by Gasteiger charge is 2.39. The van der Waals surface area contributed by atoms with Crippen molar-refractivity contribution in [3.63, 3.8) is 0 Å². The Kier molecular flexibility index (Phi) is 4.63. The van der Waals surface area contributed by atoms with E-state index in [2.05, 4.69) is 0 Å². The highest BCUT2D eigenvalue weighted by Crippen LogP contribution is 2.39. The van der Waals surface area contributed by atoms with E-state index in [1.807, 2.05) is 29.9 Å². The van der Waals surface area contributed by atoms with Gasteiger partial charge in [0.05, 0.1) is 21.5 Å². The van der Waals surface area contributed by atoms with Crippen LogP contribution in [0.5, 0.6) is 0 Å². The topological polar surface area (TPSA) is 42.3 Å². The molecule has 136 valence electrons. The van der Waals surface area contributed by atoms with Crippen molar-refractivity contribution >= 4 is 21.6 Å². The number of hydrogen-bond acceptors (Lipinski definition) is 2. The lowest BCUT2D eigenvalue weighted by Crippen LogP contribution is -2.31. The second-order valence-electron chi connectivity index (χ2n) is 5.96.